The molecule has 1 aromatic heterocycles. The van der Waals surface area contributed by atoms with E-state index < -0.39 is 5.91 Å². The van der Waals surface area contributed by atoms with Crippen LogP contribution in [0.4, 0.5) is 0 Å². The minimum Gasteiger partial charge on any atom is -0.474 e. The quantitative estimate of drug-likeness (QED) is 0.884. The van der Waals surface area contributed by atoms with Crippen LogP contribution in [0.2, 0.25) is 0 Å². The maximum Gasteiger partial charge on any atom is 0.254 e. The normalized spacial score (nSPS) is 16.0. The summed E-state index contributed by atoms with van der Waals surface area (Å²) < 4.78 is 5.92. The van der Waals surface area contributed by atoms with E-state index in [1.165, 1.54) is 5.56 Å². The number of nitrogens with two attached hydrogens (primary N) is 1. The number of aromatic nitrogens is 1. The van der Waals surface area contributed by atoms with Crippen molar-refractivity contribution < 1.29 is 9.53 Å². The van der Waals surface area contributed by atoms with Crippen molar-refractivity contribution in [2.24, 2.45) is 5.73 Å². The first-order valence-electron chi connectivity index (χ1n) is 8.40. The molecule has 0 aliphatic carbocycles. The van der Waals surface area contributed by atoms with Gasteiger partial charge in [0.15, 0.2) is 0 Å². The number of rotatable bonds is 6. The van der Waals surface area contributed by atoms with Crippen molar-refractivity contribution >= 4 is 5.91 Å². The molecule has 0 saturated carbocycles. The fourth-order valence-corrected chi connectivity index (χ4v) is 3.01. The fraction of sp³-hybridized carbons (Fsp3) is 0.368. The number of primary amides is 1. The lowest BCUT2D eigenvalue weighted by Crippen LogP contribution is -2.39. The molecule has 5 nitrogen and oxygen atoms in total. The summed E-state index contributed by atoms with van der Waals surface area (Å²) in [5.74, 6) is -0.147. The highest BCUT2D eigenvalue weighted by Gasteiger charge is 2.22. The van der Waals surface area contributed by atoms with E-state index in [0.29, 0.717) is 11.4 Å². The molecular formula is C19H23N3O2. The molecule has 2 aromatic rings. The zero-order valence-electron chi connectivity index (χ0n) is 13.7. The van der Waals surface area contributed by atoms with Crippen molar-refractivity contribution in [3.63, 3.8) is 0 Å². The summed E-state index contributed by atoms with van der Waals surface area (Å²) in [5, 5.41) is 0. The van der Waals surface area contributed by atoms with Crippen LogP contribution in [0.1, 0.15) is 28.8 Å². The van der Waals surface area contributed by atoms with Gasteiger partial charge in [0.1, 0.15) is 11.7 Å². The topological polar surface area (TPSA) is 68.5 Å². The van der Waals surface area contributed by atoms with E-state index in [0.717, 1.165) is 38.9 Å². The average molecular weight is 325 g/mol. The first-order valence-corrected chi connectivity index (χ1v) is 8.40. The Morgan fingerprint density at radius 1 is 1.17 bits per heavy atom. The van der Waals surface area contributed by atoms with E-state index >= 15 is 0 Å². The number of hydrogen-bond acceptors (Lipinski definition) is 4. The summed E-state index contributed by atoms with van der Waals surface area (Å²) in [6.07, 6.45) is 4.65. The molecule has 1 aliphatic rings. The van der Waals surface area contributed by atoms with E-state index in [4.69, 9.17) is 10.5 Å². The molecule has 1 aliphatic heterocycles. The highest BCUT2D eigenvalue weighted by Crippen LogP contribution is 2.20. The molecular weight excluding hydrogens is 302 g/mol. The largest absolute Gasteiger partial charge is 0.474 e. The Labute approximate surface area is 142 Å². The van der Waals surface area contributed by atoms with Gasteiger partial charge in [0.05, 0.1) is 0 Å². The number of benzene rings is 1. The Morgan fingerprint density at radius 3 is 2.62 bits per heavy atom. The molecule has 2 heterocycles. The SMILES string of the molecule is NC(=O)c1cccnc1OC1CCN(CCc2ccccc2)CC1. The number of pyridine rings is 1. The molecule has 3 rings (SSSR count). The summed E-state index contributed by atoms with van der Waals surface area (Å²) in [5.41, 5.74) is 7.09. The second-order valence-electron chi connectivity index (χ2n) is 6.11. The van der Waals surface area contributed by atoms with Gasteiger partial charge in [-0.25, -0.2) is 4.98 Å². The van der Waals surface area contributed by atoms with Crippen LogP contribution in [0.25, 0.3) is 0 Å². The van der Waals surface area contributed by atoms with E-state index in [2.05, 4.69) is 34.1 Å². The zero-order valence-corrected chi connectivity index (χ0v) is 13.7. The van der Waals surface area contributed by atoms with Gasteiger partial charge in [0.2, 0.25) is 5.88 Å². The zero-order chi connectivity index (χ0) is 16.8. The molecule has 1 aromatic carbocycles. The van der Waals surface area contributed by atoms with Gasteiger partial charge >= 0.3 is 0 Å². The number of likely N-dealkylation sites (tertiary alicyclic amines) is 1. The third kappa shape index (κ3) is 4.32. The highest BCUT2D eigenvalue weighted by atomic mass is 16.5. The third-order valence-corrected chi connectivity index (χ3v) is 4.41. The smallest absolute Gasteiger partial charge is 0.254 e. The molecule has 1 saturated heterocycles. The summed E-state index contributed by atoms with van der Waals surface area (Å²) in [4.78, 5) is 18.0. The molecule has 0 bridgehead atoms. The Kier molecular flexibility index (Phi) is 5.43. The van der Waals surface area contributed by atoms with Crippen LogP contribution in [-0.4, -0.2) is 41.5 Å². The number of hydrogen-bond donors (Lipinski definition) is 1. The van der Waals surface area contributed by atoms with Crippen LogP contribution >= 0.6 is 0 Å². The first-order chi connectivity index (χ1) is 11.7. The number of carbonyl (C=O) groups is 1. The molecule has 1 fully saturated rings. The van der Waals surface area contributed by atoms with Crippen LogP contribution in [-0.2, 0) is 6.42 Å². The molecule has 1 amide bonds. The van der Waals surface area contributed by atoms with Gasteiger partial charge in [-0.2, -0.15) is 0 Å². The van der Waals surface area contributed by atoms with Crippen LogP contribution in [0, 0.1) is 0 Å². The monoisotopic (exact) mass is 325 g/mol. The van der Waals surface area contributed by atoms with Crippen molar-refractivity contribution in [3.8, 4) is 5.88 Å². The molecule has 0 radical (unpaired) electrons. The molecule has 0 spiro atoms. The third-order valence-electron chi connectivity index (χ3n) is 4.41. The summed E-state index contributed by atoms with van der Waals surface area (Å²) in [6.45, 7) is 3.05. The summed E-state index contributed by atoms with van der Waals surface area (Å²) >= 11 is 0. The molecule has 0 unspecified atom stereocenters. The molecule has 126 valence electrons. The second-order valence-corrected chi connectivity index (χ2v) is 6.11. The lowest BCUT2D eigenvalue weighted by atomic mass is 10.1. The van der Waals surface area contributed by atoms with Gasteiger partial charge in [-0.1, -0.05) is 30.3 Å². The molecule has 5 heteroatoms. The minimum absolute atomic E-state index is 0.0889. The first kappa shape index (κ1) is 16.5. The maximum absolute atomic E-state index is 11.4. The van der Waals surface area contributed by atoms with Crippen LogP contribution in [0.15, 0.2) is 48.7 Å². The van der Waals surface area contributed by atoms with Gasteiger partial charge in [-0.15, -0.1) is 0 Å². The Bertz CT molecular complexity index is 667. The molecule has 0 atom stereocenters. The minimum atomic E-state index is -0.501. The number of piperidine rings is 1. The van der Waals surface area contributed by atoms with Crippen molar-refractivity contribution in [2.75, 3.05) is 19.6 Å². The van der Waals surface area contributed by atoms with E-state index in [1.807, 2.05) is 6.07 Å². The van der Waals surface area contributed by atoms with Crippen LogP contribution < -0.4 is 10.5 Å². The molecule has 2 N–H and O–H groups in total. The van der Waals surface area contributed by atoms with E-state index in [1.54, 1.807) is 18.3 Å². The predicted octanol–water partition coefficient (Wildman–Crippen LogP) is 2.27. The Balaban J connectivity index is 1.48. The fourth-order valence-electron chi connectivity index (χ4n) is 3.01. The average Bonchev–Trinajstić information content (AvgIpc) is 2.62. The van der Waals surface area contributed by atoms with Crippen molar-refractivity contribution in [1.29, 1.82) is 0 Å². The number of nitrogens with zero attached hydrogens (tertiary/aromatic N) is 2. The number of carbonyl (C=O) groups excluding carboxylic acids is 1. The van der Waals surface area contributed by atoms with E-state index in [9.17, 15) is 4.79 Å². The highest BCUT2D eigenvalue weighted by molar-refractivity contribution is 5.94. The van der Waals surface area contributed by atoms with Gasteiger partial charge in [0.25, 0.3) is 5.91 Å². The van der Waals surface area contributed by atoms with Gasteiger partial charge in [-0.3, -0.25) is 4.79 Å². The maximum atomic E-state index is 11.4. The van der Waals surface area contributed by atoms with Crippen molar-refractivity contribution in [2.45, 2.75) is 25.4 Å². The Hall–Kier alpha value is -2.40. The molecule has 24 heavy (non-hydrogen) atoms. The van der Waals surface area contributed by atoms with Crippen molar-refractivity contribution in [3.05, 3.63) is 59.8 Å². The predicted molar refractivity (Wildman–Crippen MR) is 93.0 cm³/mol. The van der Waals surface area contributed by atoms with Gasteiger partial charge < -0.3 is 15.4 Å². The standard InChI is InChI=1S/C19H23N3O2/c20-18(23)17-7-4-11-21-19(17)24-16-9-13-22(14-10-16)12-8-15-5-2-1-3-6-15/h1-7,11,16H,8-10,12-14H2,(H2,20,23). The summed E-state index contributed by atoms with van der Waals surface area (Å²) in [7, 11) is 0. The number of amides is 1. The van der Waals surface area contributed by atoms with E-state index in [-0.39, 0.29) is 6.10 Å². The van der Waals surface area contributed by atoms with Crippen LogP contribution in [0.3, 0.4) is 0 Å². The van der Waals surface area contributed by atoms with Crippen LogP contribution in [0.5, 0.6) is 5.88 Å². The summed E-state index contributed by atoms with van der Waals surface area (Å²) in [6, 6.07) is 13.9. The van der Waals surface area contributed by atoms with Gasteiger partial charge in [0, 0.05) is 25.8 Å². The lowest BCUT2D eigenvalue weighted by Gasteiger charge is -2.32. The lowest BCUT2D eigenvalue weighted by molar-refractivity contribution is 0.0915. The second kappa shape index (κ2) is 7.93. The Morgan fingerprint density at radius 2 is 1.92 bits per heavy atom. The van der Waals surface area contributed by atoms with Gasteiger partial charge in [-0.05, 0) is 37.0 Å². The van der Waals surface area contributed by atoms with Crippen molar-refractivity contribution in [1.82, 2.24) is 9.88 Å². The number of ether oxygens (including phenoxy) is 1.